The van der Waals surface area contributed by atoms with Gasteiger partial charge in [0.2, 0.25) is 5.91 Å². The molecule has 42 heavy (non-hydrogen) atoms. The third-order valence-electron chi connectivity index (χ3n) is 11.0. The Morgan fingerprint density at radius 1 is 0.857 bits per heavy atom. The van der Waals surface area contributed by atoms with Crippen LogP contribution in [0.25, 0.3) is 0 Å². The van der Waals surface area contributed by atoms with Crippen LogP contribution >= 0.6 is 0 Å². The molecule has 224 valence electrons. The van der Waals surface area contributed by atoms with Crippen LogP contribution in [0.5, 0.6) is 0 Å². The summed E-state index contributed by atoms with van der Waals surface area (Å²) < 4.78 is 5.59. The number of carbonyl (C=O) groups is 3. The van der Waals surface area contributed by atoms with E-state index in [1.807, 2.05) is 42.5 Å². The summed E-state index contributed by atoms with van der Waals surface area (Å²) in [6, 6.07) is 16.8. The second-order valence-electron chi connectivity index (χ2n) is 14.1. The quantitative estimate of drug-likeness (QED) is 0.226. The first-order chi connectivity index (χ1) is 20.4. The Morgan fingerprint density at radius 2 is 1.48 bits per heavy atom. The number of hydrogen-bond acceptors (Lipinski definition) is 4. The normalized spacial score (nSPS) is 30.5. The van der Waals surface area contributed by atoms with Crippen molar-refractivity contribution in [2.75, 3.05) is 6.61 Å². The number of Topliss-reactive ketones (excluding diaryl/α,β-unsaturated/α-hetero) is 1. The minimum atomic E-state index is -0.814. The fourth-order valence-corrected chi connectivity index (χ4v) is 9.20. The first-order valence-electron chi connectivity index (χ1n) is 16.6. The molecule has 5 heteroatoms. The number of amides is 1. The van der Waals surface area contributed by atoms with Gasteiger partial charge in [-0.05, 0) is 105 Å². The summed E-state index contributed by atoms with van der Waals surface area (Å²) in [6.45, 7) is 1.95. The van der Waals surface area contributed by atoms with E-state index < -0.39 is 12.0 Å². The van der Waals surface area contributed by atoms with Gasteiger partial charge in [0.25, 0.3) is 0 Å². The predicted octanol–water partition coefficient (Wildman–Crippen LogP) is 7.43. The van der Waals surface area contributed by atoms with Crippen molar-refractivity contribution in [3.8, 4) is 0 Å². The molecule has 5 fully saturated rings. The topological polar surface area (TPSA) is 72.5 Å². The van der Waals surface area contributed by atoms with Crippen LogP contribution in [0.4, 0.5) is 0 Å². The maximum atomic E-state index is 13.8. The van der Waals surface area contributed by atoms with Crippen LogP contribution in [-0.2, 0) is 20.7 Å². The molecule has 5 aliphatic rings. The molecule has 2 aromatic rings. The Balaban J connectivity index is 1.07. The van der Waals surface area contributed by atoms with E-state index in [9.17, 15) is 14.4 Å². The van der Waals surface area contributed by atoms with Crippen LogP contribution in [0.2, 0.25) is 0 Å². The molecule has 0 unspecified atom stereocenters. The first-order valence-corrected chi connectivity index (χ1v) is 16.6. The molecule has 0 heterocycles. The summed E-state index contributed by atoms with van der Waals surface area (Å²) in [5.41, 5.74) is 2.46. The van der Waals surface area contributed by atoms with Gasteiger partial charge in [0, 0.05) is 17.4 Å². The molecule has 0 aromatic heterocycles. The van der Waals surface area contributed by atoms with Crippen molar-refractivity contribution < 1.29 is 19.1 Å². The number of ether oxygens (including phenoxy) is 1. The van der Waals surface area contributed by atoms with Crippen molar-refractivity contribution in [1.29, 1.82) is 0 Å². The molecule has 5 saturated carbocycles. The molecule has 1 N–H and O–H groups in total. The van der Waals surface area contributed by atoms with Gasteiger partial charge in [0.15, 0.2) is 12.4 Å². The fourth-order valence-electron chi connectivity index (χ4n) is 9.20. The Kier molecular flexibility index (Phi) is 8.83. The zero-order chi connectivity index (χ0) is 29.1. The third kappa shape index (κ3) is 6.50. The molecule has 1 amide bonds. The van der Waals surface area contributed by atoms with Gasteiger partial charge in [0.1, 0.15) is 6.04 Å². The van der Waals surface area contributed by atoms with E-state index in [-0.39, 0.29) is 23.7 Å². The Hall–Kier alpha value is -2.95. The largest absolute Gasteiger partial charge is 0.456 e. The summed E-state index contributed by atoms with van der Waals surface area (Å²) in [7, 11) is 0. The van der Waals surface area contributed by atoms with Crippen molar-refractivity contribution in [2.24, 2.45) is 29.1 Å². The number of hydrogen-bond donors (Lipinski definition) is 1. The van der Waals surface area contributed by atoms with Crippen molar-refractivity contribution in [1.82, 2.24) is 5.32 Å². The smallest absolute Gasteiger partial charge is 0.329 e. The molecule has 7 rings (SSSR count). The highest BCUT2D eigenvalue weighted by Gasteiger charge is 2.55. The van der Waals surface area contributed by atoms with Gasteiger partial charge in [-0.1, -0.05) is 74.4 Å². The average molecular weight is 570 g/mol. The Labute approximate surface area is 251 Å². The van der Waals surface area contributed by atoms with E-state index in [1.54, 1.807) is 0 Å². The highest BCUT2D eigenvalue weighted by atomic mass is 16.5. The van der Waals surface area contributed by atoms with Crippen LogP contribution in [0, 0.1) is 29.1 Å². The molecule has 2 aromatic carbocycles. The van der Waals surface area contributed by atoms with Gasteiger partial charge in [-0.15, -0.1) is 0 Å². The average Bonchev–Trinajstić information content (AvgIpc) is 3.00. The van der Waals surface area contributed by atoms with Crippen molar-refractivity contribution >= 4 is 17.7 Å². The summed E-state index contributed by atoms with van der Waals surface area (Å²) in [4.78, 5) is 40.2. The number of carbonyl (C=O) groups excluding carboxylic acids is 3. The number of ketones is 1. The van der Waals surface area contributed by atoms with Crippen molar-refractivity contribution in [3.63, 3.8) is 0 Å². The van der Waals surface area contributed by atoms with E-state index in [0.29, 0.717) is 35.7 Å². The maximum absolute atomic E-state index is 13.8. The number of esters is 1. The lowest BCUT2D eigenvalue weighted by molar-refractivity contribution is -0.153. The molecule has 5 aliphatic carbocycles. The van der Waals surface area contributed by atoms with Crippen molar-refractivity contribution in [2.45, 2.75) is 102 Å². The van der Waals surface area contributed by atoms with Gasteiger partial charge in [-0.3, -0.25) is 9.59 Å². The third-order valence-corrected chi connectivity index (χ3v) is 11.0. The fraction of sp³-hybridized carbons (Fsp3) is 0.595. The Morgan fingerprint density at radius 3 is 2.07 bits per heavy atom. The molecule has 0 aliphatic heterocycles. The van der Waals surface area contributed by atoms with Crippen LogP contribution in [0.3, 0.4) is 0 Å². The second kappa shape index (κ2) is 12.7. The first kappa shape index (κ1) is 29.1. The number of nitrogens with one attached hydrogen (secondary N) is 1. The van der Waals surface area contributed by atoms with E-state index in [4.69, 9.17) is 4.74 Å². The maximum Gasteiger partial charge on any atom is 0.329 e. The SMILES string of the molecule is CCCC1CCC(c2ccc(C(=O)COC(=O)[C@H](Cc3ccccc3)NC(=O)C34CC5CC(CC(C5)C3)C4)cc2)CC1. The van der Waals surface area contributed by atoms with E-state index >= 15 is 0 Å². The summed E-state index contributed by atoms with van der Waals surface area (Å²) in [5.74, 6) is 2.61. The van der Waals surface area contributed by atoms with E-state index in [1.165, 1.54) is 63.4 Å². The van der Waals surface area contributed by atoms with Crippen molar-refractivity contribution in [3.05, 3.63) is 71.3 Å². The standard InChI is InChI=1S/C37H47NO4/c1-2-6-25-9-11-30(12-10-25)31-13-15-32(16-14-31)34(39)24-42-35(40)33(20-26-7-4-3-5-8-26)38-36(41)37-21-27-17-28(22-37)19-29(18-27)23-37/h3-5,7-8,13-16,25,27-30,33H,2,6,9-12,17-24H2,1H3,(H,38,41)/t25?,27?,28?,29?,30?,33-,37?/m0/s1. The molecule has 0 saturated heterocycles. The second-order valence-corrected chi connectivity index (χ2v) is 14.1. The molecule has 0 spiro atoms. The van der Waals surface area contributed by atoms with Crippen LogP contribution < -0.4 is 5.32 Å². The highest BCUT2D eigenvalue weighted by molar-refractivity contribution is 5.98. The van der Waals surface area contributed by atoms with E-state index in [2.05, 4.69) is 24.4 Å². The summed E-state index contributed by atoms with van der Waals surface area (Å²) in [5, 5.41) is 3.12. The minimum absolute atomic E-state index is 0.00474. The lowest BCUT2D eigenvalue weighted by atomic mass is 9.49. The predicted molar refractivity (Wildman–Crippen MR) is 164 cm³/mol. The lowest BCUT2D eigenvalue weighted by Gasteiger charge is -2.55. The van der Waals surface area contributed by atoms with Crippen LogP contribution in [0.15, 0.2) is 54.6 Å². The Bertz CT molecular complexity index is 1210. The van der Waals surface area contributed by atoms with Crippen LogP contribution in [0.1, 0.15) is 111 Å². The molecule has 0 radical (unpaired) electrons. The highest BCUT2D eigenvalue weighted by Crippen LogP contribution is 2.60. The zero-order valence-electron chi connectivity index (χ0n) is 25.2. The van der Waals surface area contributed by atoms with E-state index in [0.717, 1.165) is 30.7 Å². The van der Waals surface area contributed by atoms with Gasteiger partial charge < -0.3 is 10.1 Å². The van der Waals surface area contributed by atoms with Gasteiger partial charge in [-0.2, -0.15) is 0 Å². The summed E-state index contributed by atoms with van der Waals surface area (Å²) in [6.07, 6.45) is 14.5. The molecular formula is C37H47NO4. The van der Waals surface area contributed by atoms with Crippen LogP contribution in [-0.4, -0.2) is 30.3 Å². The molecule has 5 nitrogen and oxygen atoms in total. The minimum Gasteiger partial charge on any atom is -0.456 e. The van der Waals surface area contributed by atoms with Gasteiger partial charge in [0.05, 0.1) is 0 Å². The molecular weight excluding hydrogens is 522 g/mol. The lowest BCUT2D eigenvalue weighted by Crippen LogP contribution is -2.56. The molecule has 4 bridgehead atoms. The number of rotatable bonds is 11. The number of benzene rings is 2. The summed E-state index contributed by atoms with van der Waals surface area (Å²) >= 11 is 0. The zero-order valence-corrected chi connectivity index (χ0v) is 25.2. The van der Waals surface area contributed by atoms with Gasteiger partial charge in [-0.25, -0.2) is 4.79 Å². The monoisotopic (exact) mass is 569 g/mol. The van der Waals surface area contributed by atoms with Gasteiger partial charge >= 0.3 is 5.97 Å². The molecule has 1 atom stereocenters.